The average Bonchev–Trinajstić information content (AvgIpc) is 2.57. The fourth-order valence-corrected chi connectivity index (χ4v) is 3.45. The van der Waals surface area contributed by atoms with Crippen LogP contribution in [0.5, 0.6) is 0 Å². The molecule has 0 fully saturated rings. The van der Waals surface area contributed by atoms with Crippen LogP contribution in [0.4, 0.5) is 0 Å². The second-order valence-corrected chi connectivity index (χ2v) is 6.48. The zero-order valence-electron chi connectivity index (χ0n) is 12.7. The standard InChI is InChI=1S/C19H17ClN2O/c20-14-6-7-17-15(10-14)19(23)16-12-22(9-8-18(16)21-17)11-13-4-2-1-3-5-13/h1-7,10H,8-9,11-12H2,(H,21,23). The lowest BCUT2D eigenvalue weighted by Gasteiger charge is -2.28. The molecule has 3 nitrogen and oxygen atoms in total. The third kappa shape index (κ3) is 2.78. The zero-order chi connectivity index (χ0) is 15.8. The van der Waals surface area contributed by atoms with E-state index in [1.807, 2.05) is 18.2 Å². The minimum Gasteiger partial charge on any atom is -0.358 e. The molecule has 0 saturated heterocycles. The van der Waals surface area contributed by atoms with Gasteiger partial charge in [0.2, 0.25) is 0 Å². The number of benzene rings is 2. The number of aromatic amines is 1. The Balaban J connectivity index is 1.70. The lowest BCUT2D eigenvalue weighted by atomic mass is 10.0. The Morgan fingerprint density at radius 1 is 1.13 bits per heavy atom. The van der Waals surface area contributed by atoms with Gasteiger partial charge in [0.15, 0.2) is 5.43 Å². The molecular weight excluding hydrogens is 308 g/mol. The van der Waals surface area contributed by atoms with Gasteiger partial charge in [-0.1, -0.05) is 41.9 Å². The summed E-state index contributed by atoms with van der Waals surface area (Å²) in [5.74, 6) is 0. The first kappa shape index (κ1) is 14.5. The molecule has 1 aromatic heterocycles. The quantitative estimate of drug-likeness (QED) is 0.779. The molecule has 0 aliphatic carbocycles. The van der Waals surface area contributed by atoms with Crippen molar-refractivity contribution in [3.63, 3.8) is 0 Å². The Morgan fingerprint density at radius 3 is 2.78 bits per heavy atom. The Labute approximate surface area is 139 Å². The summed E-state index contributed by atoms with van der Waals surface area (Å²) in [5, 5.41) is 1.28. The van der Waals surface area contributed by atoms with Crippen molar-refractivity contribution in [3.05, 3.63) is 80.6 Å². The smallest absolute Gasteiger partial charge is 0.194 e. The Morgan fingerprint density at radius 2 is 1.96 bits per heavy atom. The van der Waals surface area contributed by atoms with E-state index in [9.17, 15) is 4.79 Å². The van der Waals surface area contributed by atoms with E-state index >= 15 is 0 Å². The Kier molecular flexibility index (Phi) is 3.68. The molecule has 2 aromatic carbocycles. The van der Waals surface area contributed by atoms with Crippen molar-refractivity contribution in [1.82, 2.24) is 9.88 Å². The normalized spacial score (nSPS) is 14.8. The molecule has 0 amide bonds. The summed E-state index contributed by atoms with van der Waals surface area (Å²) in [6.45, 7) is 2.51. The fraction of sp³-hybridized carbons (Fsp3) is 0.211. The van der Waals surface area contributed by atoms with Gasteiger partial charge in [0, 0.05) is 53.2 Å². The molecular formula is C19H17ClN2O. The third-order valence-electron chi connectivity index (χ3n) is 4.46. The molecule has 2 heterocycles. The maximum absolute atomic E-state index is 12.8. The van der Waals surface area contributed by atoms with Gasteiger partial charge in [0.25, 0.3) is 0 Å². The Bertz CT molecular complexity index is 918. The first-order valence-electron chi connectivity index (χ1n) is 7.80. The second-order valence-electron chi connectivity index (χ2n) is 6.05. The van der Waals surface area contributed by atoms with E-state index in [0.29, 0.717) is 17.0 Å². The van der Waals surface area contributed by atoms with E-state index in [1.54, 1.807) is 6.07 Å². The van der Waals surface area contributed by atoms with Crippen molar-refractivity contribution in [2.24, 2.45) is 0 Å². The number of hydrogen-bond donors (Lipinski definition) is 1. The molecule has 23 heavy (non-hydrogen) atoms. The van der Waals surface area contributed by atoms with Crippen LogP contribution < -0.4 is 5.43 Å². The van der Waals surface area contributed by atoms with E-state index in [0.717, 1.165) is 36.3 Å². The highest BCUT2D eigenvalue weighted by Crippen LogP contribution is 2.21. The summed E-state index contributed by atoms with van der Waals surface area (Å²) in [7, 11) is 0. The van der Waals surface area contributed by atoms with Crippen LogP contribution in [-0.2, 0) is 19.5 Å². The minimum atomic E-state index is 0.106. The Hall–Kier alpha value is -2.10. The van der Waals surface area contributed by atoms with Crippen molar-refractivity contribution in [2.45, 2.75) is 19.5 Å². The average molecular weight is 325 g/mol. The molecule has 1 N–H and O–H groups in total. The molecule has 0 saturated carbocycles. The van der Waals surface area contributed by atoms with E-state index in [2.05, 4.69) is 34.1 Å². The number of halogens is 1. The van der Waals surface area contributed by atoms with Crippen LogP contribution in [0, 0.1) is 0 Å². The minimum absolute atomic E-state index is 0.106. The highest BCUT2D eigenvalue weighted by atomic mass is 35.5. The second kappa shape index (κ2) is 5.84. The van der Waals surface area contributed by atoms with E-state index in [-0.39, 0.29) is 5.43 Å². The first-order chi connectivity index (χ1) is 11.2. The largest absolute Gasteiger partial charge is 0.358 e. The number of nitrogens with one attached hydrogen (secondary N) is 1. The van der Waals surface area contributed by atoms with Gasteiger partial charge in [-0.25, -0.2) is 0 Å². The van der Waals surface area contributed by atoms with Crippen molar-refractivity contribution in [1.29, 1.82) is 0 Å². The van der Waals surface area contributed by atoms with E-state index in [1.165, 1.54) is 5.56 Å². The van der Waals surface area contributed by atoms with Gasteiger partial charge >= 0.3 is 0 Å². The van der Waals surface area contributed by atoms with Crippen LogP contribution in [-0.4, -0.2) is 16.4 Å². The number of H-pyrrole nitrogens is 1. The molecule has 0 atom stereocenters. The van der Waals surface area contributed by atoms with Crippen LogP contribution >= 0.6 is 11.6 Å². The molecule has 1 aliphatic rings. The summed E-state index contributed by atoms with van der Waals surface area (Å²) in [4.78, 5) is 18.6. The van der Waals surface area contributed by atoms with Crippen molar-refractivity contribution >= 4 is 22.5 Å². The maximum Gasteiger partial charge on any atom is 0.194 e. The van der Waals surface area contributed by atoms with Crippen LogP contribution in [0.15, 0.2) is 53.3 Å². The molecule has 0 spiro atoms. The number of rotatable bonds is 2. The molecule has 3 aromatic rings. The van der Waals surface area contributed by atoms with Crippen LogP contribution in [0.1, 0.15) is 16.8 Å². The highest BCUT2D eigenvalue weighted by Gasteiger charge is 2.21. The summed E-state index contributed by atoms with van der Waals surface area (Å²) in [6.07, 6.45) is 0.871. The maximum atomic E-state index is 12.8. The number of fused-ring (bicyclic) bond motifs is 2. The van der Waals surface area contributed by atoms with Crippen LogP contribution in [0.2, 0.25) is 5.02 Å². The zero-order valence-corrected chi connectivity index (χ0v) is 13.4. The monoisotopic (exact) mass is 324 g/mol. The molecule has 0 bridgehead atoms. The van der Waals surface area contributed by atoms with Crippen molar-refractivity contribution < 1.29 is 0 Å². The molecule has 4 rings (SSSR count). The van der Waals surface area contributed by atoms with Gasteiger partial charge in [-0.15, -0.1) is 0 Å². The highest BCUT2D eigenvalue weighted by molar-refractivity contribution is 6.31. The molecule has 0 unspecified atom stereocenters. The van der Waals surface area contributed by atoms with Crippen molar-refractivity contribution in [3.8, 4) is 0 Å². The number of aromatic nitrogens is 1. The molecule has 116 valence electrons. The number of nitrogens with zero attached hydrogens (tertiary/aromatic N) is 1. The lowest BCUT2D eigenvalue weighted by molar-refractivity contribution is 0.243. The summed E-state index contributed by atoms with van der Waals surface area (Å²) >= 11 is 6.05. The van der Waals surface area contributed by atoms with Crippen molar-refractivity contribution in [2.75, 3.05) is 6.54 Å². The first-order valence-corrected chi connectivity index (χ1v) is 8.18. The molecule has 1 aliphatic heterocycles. The van der Waals surface area contributed by atoms with Gasteiger partial charge < -0.3 is 4.98 Å². The van der Waals surface area contributed by atoms with Gasteiger partial charge in [-0.05, 0) is 23.8 Å². The van der Waals surface area contributed by atoms with E-state index < -0.39 is 0 Å². The van der Waals surface area contributed by atoms with Crippen LogP contribution in [0.3, 0.4) is 0 Å². The predicted octanol–water partition coefficient (Wildman–Crippen LogP) is 3.74. The van der Waals surface area contributed by atoms with Gasteiger partial charge in [-0.2, -0.15) is 0 Å². The fourth-order valence-electron chi connectivity index (χ4n) is 3.28. The van der Waals surface area contributed by atoms with Gasteiger partial charge in [0.05, 0.1) is 0 Å². The topological polar surface area (TPSA) is 36.1 Å². The summed E-state index contributed by atoms with van der Waals surface area (Å²) < 4.78 is 0. The SMILES string of the molecule is O=c1c2c([nH]c3ccc(Cl)cc13)CCN(Cc1ccccc1)C2. The lowest BCUT2D eigenvalue weighted by Crippen LogP contribution is -2.34. The molecule has 0 radical (unpaired) electrons. The van der Waals surface area contributed by atoms with E-state index in [4.69, 9.17) is 11.6 Å². The third-order valence-corrected chi connectivity index (χ3v) is 4.69. The summed E-state index contributed by atoms with van der Waals surface area (Å²) in [6, 6.07) is 15.8. The molecule has 4 heteroatoms. The van der Waals surface area contributed by atoms with Crippen LogP contribution in [0.25, 0.3) is 10.9 Å². The number of hydrogen-bond acceptors (Lipinski definition) is 2. The van der Waals surface area contributed by atoms with Gasteiger partial charge in [-0.3, -0.25) is 9.69 Å². The van der Waals surface area contributed by atoms with Gasteiger partial charge in [0.1, 0.15) is 0 Å². The predicted molar refractivity (Wildman–Crippen MR) is 93.8 cm³/mol. The summed E-state index contributed by atoms with van der Waals surface area (Å²) in [5.41, 5.74) is 4.19. The number of pyridine rings is 1.